The molecule has 0 spiro atoms. The van der Waals surface area contributed by atoms with E-state index in [4.69, 9.17) is 25.4 Å². The molecule has 1 aromatic carbocycles. The number of nitrogens with one attached hydrogen (secondary N) is 1. The number of esters is 1. The van der Waals surface area contributed by atoms with Crippen molar-refractivity contribution in [2.24, 2.45) is 11.8 Å². The highest BCUT2D eigenvalue weighted by molar-refractivity contribution is 5.84. The Bertz CT molecular complexity index is 1690. The number of aryl methyl sites for hydroxylation is 1. The SMILES string of the molecule is COC(=O)C1CCC(CNc2ccc(-n3c(-c4cccnc4N)nc4ccc(-c5ccccc5)nc43)c(C)n2)CC1. The predicted molar refractivity (Wildman–Crippen MR) is 160 cm³/mol. The number of nitrogens with two attached hydrogens (primary N) is 1. The van der Waals surface area contributed by atoms with E-state index in [9.17, 15) is 4.79 Å². The molecule has 0 amide bonds. The second-order valence-electron chi connectivity index (χ2n) is 10.5. The number of nitrogens with zero attached hydrogens (tertiary/aromatic N) is 5. The number of benzene rings is 1. The zero-order valence-corrected chi connectivity index (χ0v) is 23.2. The highest BCUT2D eigenvalue weighted by Gasteiger charge is 2.27. The van der Waals surface area contributed by atoms with E-state index in [-0.39, 0.29) is 11.9 Å². The molecule has 3 N–H and O–H groups in total. The molecule has 0 aliphatic heterocycles. The third kappa shape index (κ3) is 5.35. The highest BCUT2D eigenvalue weighted by Crippen LogP contribution is 2.33. The number of anilines is 2. The Kier molecular flexibility index (Phi) is 7.33. The first-order valence-corrected chi connectivity index (χ1v) is 14.0. The number of fused-ring (bicyclic) bond motifs is 1. The van der Waals surface area contributed by atoms with E-state index >= 15 is 0 Å². The fourth-order valence-corrected chi connectivity index (χ4v) is 5.65. The molecule has 4 heterocycles. The first-order chi connectivity index (χ1) is 20.0. The summed E-state index contributed by atoms with van der Waals surface area (Å²) in [5.41, 5.74) is 12.1. The van der Waals surface area contributed by atoms with Crippen LogP contribution in [0.15, 0.2) is 72.9 Å². The Morgan fingerprint density at radius 3 is 2.51 bits per heavy atom. The number of carbonyl (C=O) groups excluding carboxylic acids is 1. The monoisotopic (exact) mass is 547 g/mol. The molecule has 6 rings (SSSR count). The zero-order chi connectivity index (χ0) is 28.3. The summed E-state index contributed by atoms with van der Waals surface area (Å²) in [6, 6.07) is 21.9. The van der Waals surface area contributed by atoms with E-state index in [1.165, 1.54) is 7.11 Å². The zero-order valence-electron chi connectivity index (χ0n) is 23.2. The van der Waals surface area contributed by atoms with Crippen LogP contribution in [-0.2, 0) is 9.53 Å². The molecular weight excluding hydrogens is 514 g/mol. The van der Waals surface area contributed by atoms with Crippen LogP contribution < -0.4 is 11.1 Å². The molecule has 9 heteroatoms. The van der Waals surface area contributed by atoms with Gasteiger partial charge in [0.1, 0.15) is 17.2 Å². The summed E-state index contributed by atoms with van der Waals surface area (Å²) >= 11 is 0. The van der Waals surface area contributed by atoms with Gasteiger partial charge in [-0.2, -0.15) is 0 Å². The quantitative estimate of drug-likeness (QED) is 0.244. The third-order valence-electron chi connectivity index (χ3n) is 7.91. The minimum absolute atomic E-state index is 0.0277. The van der Waals surface area contributed by atoms with Gasteiger partial charge in [-0.05, 0) is 74.9 Å². The molecule has 0 saturated heterocycles. The topological polar surface area (TPSA) is 121 Å². The van der Waals surface area contributed by atoms with Crippen LogP contribution in [0.2, 0.25) is 0 Å². The van der Waals surface area contributed by atoms with Gasteiger partial charge in [0.25, 0.3) is 0 Å². The molecule has 1 saturated carbocycles. The van der Waals surface area contributed by atoms with Gasteiger partial charge in [-0.1, -0.05) is 30.3 Å². The maximum absolute atomic E-state index is 11.9. The van der Waals surface area contributed by atoms with Crippen molar-refractivity contribution in [1.82, 2.24) is 24.5 Å². The van der Waals surface area contributed by atoms with E-state index in [2.05, 4.69) is 10.3 Å². The van der Waals surface area contributed by atoms with E-state index in [0.29, 0.717) is 17.6 Å². The Morgan fingerprint density at radius 1 is 0.976 bits per heavy atom. The molecule has 41 heavy (non-hydrogen) atoms. The van der Waals surface area contributed by atoms with Gasteiger partial charge in [-0.15, -0.1) is 0 Å². The van der Waals surface area contributed by atoms with Crippen molar-refractivity contribution >= 4 is 28.8 Å². The van der Waals surface area contributed by atoms with Crippen molar-refractivity contribution in [3.05, 3.63) is 78.6 Å². The minimum Gasteiger partial charge on any atom is -0.469 e. The maximum atomic E-state index is 11.9. The van der Waals surface area contributed by atoms with Crippen molar-refractivity contribution < 1.29 is 9.53 Å². The van der Waals surface area contributed by atoms with E-state index in [1.54, 1.807) is 6.20 Å². The van der Waals surface area contributed by atoms with E-state index in [1.807, 2.05) is 78.2 Å². The van der Waals surface area contributed by atoms with Crippen molar-refractivity contribution in [1.29, 1.82) is 0 Å². The summed E-state index contributed by atoms with van der Waals surface area (Å²) in [4.78, 5) is 31.1. The van der Waals surface area contributed by atoms with Crippen LogP contribution in [0.4, 0.5) is 11.6 Å². The number of hydrogen-bond donors (Lipinski definition) is 2. The summed E-state index contributed by atoms with van der Waals surface area (Å²) in [5, 5.41) is 3.51. The second kappa shape index (κ2) is 11.4. The number of methoxy groups -OCH3 is 1. The number of imidazole rings is 1. The number of pyridine rings is 3. The Hall–Kier alpha value is -4.79. The average Bonchev–Trinajstić information content (AvgIpc) is 3.39. The molecule has 208 valence electrons. The van der Waals surface area contributed by atoms with Crippen LogP contribution in [0.25, 0.3) is 39.5 Å². The number of carbonyl (C=O) groups is 1. The Balaban J connectivity index is 1.33. The molecule has 1 aliphatic rings. The smallest absolute Gasteiger partial charge is 0.308 e. The van der Waals surface area contributed by atoms with Crippen molar-refractivity contribution in [3.8, 4) is 28.3 Å². The highest BCUT2D eigenvalue weighted by atomic mass is 16.5. The summed E-state index contributed by atoms with van der Waals surface area (Å²) in [6.07, 6.45) is 5.41. The van der Waals surface area contributed by atoms with E-state index in [0.717, 1.165) is 77.4 Å². The summed E-state index contributed by atoms with van der Waals surface area (Å²) in [5.74, 6) is 2.31. The molecule has 0 bridgehead atoms. The molecule has 0 radical (unpaired) electrons. The summed E-state index contributed by atoms with van der Waals surface area (Å²) < 4.78 is 6.95. The lowest BCUT2D eigenvalue weighted by Crippen LogP contribution is -2.26. The van der Waals surface area contributed by atoms with Crippen molar-refractivity contribution in [2.75, 3.05) is 24.7 Å². The van der Waals surface area contributed by atoms with E-state index < -0.39 is 0 Å². The summed E-state index contributed by atoms with van der Waals surface area (Å²) in [6.45, 7) is 2.80. The number of aromatic nitrogens is 5. The van der Waals surface area contributed by atoms with Crippen LogP contribution in [0.3, 0.4) is 0 Å². The second-order valence-corrected chi connectivity index (χ2v) is 10.5. The molecule has 4 aromatic heterocycles. The third-order valence-corrected chi connectivity index (χ3v) is 7.91. The van der Waals surface area contributed by atoms with Crippen LogP contribution >= 0.6 is 0 Å². The van der Waals surface area contributed by atoms with Gasteiger partial charge in [-0.25, -0.2) is 19.9 Å². The molecule has 5 aromatic rings. The minimum atomic E-state index is -0.0888. The Morgan fingerprint density at radius 2 is 1.78 bits per heavy atom. The van der Waals surface area contributed by atoms with Crippen molar-refractivity contribution in [2.45, 2.75) is 32.6 Å². The number of rotatable bonds is 7. The molecular formula is C32H33N7O2. The molecule has 1 fully saturated rings. The lowest BCUT2D eigenvalue weighted by molar-refractivity contribution is -0.146. The van der Waals surface area contributed by atoms with Crippen molar-refractivity contribution in [3.63, 3.8) is 0 Å². The van der Waals surface area contributed by atoms with Crippen LogP contribution in [0.1, 0.15) is 31.4 Å². The van der Waals surface area contributed by atoms with Gasteiger partial charge in [0.2, 0.25) is 0 Å². The Labute approximate surface area is 238 Å². The fourth-order valence-electron chi connectivity index (χ4n) is 5.65. The number of hydrogen-bond acceptors (Lipinski definition) is 8. The van der Waals surface area contributed by atoms with Gasteiger partial charge in [0.05, 0.1) is 35.7 Å². The van der Waals surface area contributed by atoms with Crippen LogP contribution in [0, 0.1) is 18.8 Å². The van der Waals surface area contributed by atoms with Gasteiger partial charge < -0.3 is 15.8 Å². The van der Waals surface area contributed by atoms with Gasteiger partial charge in [-0.3, -0.25) is 9.36 Å². The number of nitrogen functional groups attached to an aromatic ring is 1. The average molecular weight is 548 g/mol. The van der Waals surface area contributed by atoms with Crippen LogP contribution in [0.5, 0.6) is 0 Å². The normalized spacial score (nSPS) is 16.9. The standard InChI is InChI=1S/C32H33N7O2/c1-20-27(16-17-28(36-20)35-19-21-10-12-23(13-11-21)32(40)41-2)39-30(24-9-6-18-34-29(24)33)38-26-15-14-25(37-31(26)39)22-7-4-3-5-8-22/h3-9,14-18,21,23H,10-13,19H2,1-2H3,(H2,33,34)(H,35,36). The maximum Gasteiger partial charge on any atom is 0.308 e. The lowest BCUT2D eigenvalue weighted by Gasteiger charge is -2.27. The number of ether oxygens (including phenoxy) is 1. The predicted octanol–water partition coefficient (Wildman–Crippen LogP) is 5.83. The molecule has 1 aliphatic carbocycles. The molecule has 9 nitrogen and oxygen atoms in total. The first kappa shape index (κ1) is 26.4. The van der Waals surface area contributed by atoms with Gasteiger partial charge in [0, 0.05) is 18.3 Å². The molecule has 0 atom stereocenters. The fraction of sp³-hybridized carbons (Fsp3) is 0.281. The van der Waals surface area contributed by atoms with Crippen LogP contribution in [-0.4, -0.2) is 44.1 Å². The largest absolute Gasteiger partial charge is 0.469 e. The van der Waals surface area contributed by atoms with Gasteiger partial charge in [0.15, 0.2) is 11.5 Å². The summed E-state index contributed by atoms with van der Waals surface area (Å²) in [7, 11) is 1.47. The van der Waals surface area contributed by atoms with Gasteiger partial charge >= 0.3 is 5.97 Å². The first-order valence-electron chi connectivity index (χ1n) is 14.0. The molecule has 0 unspecified atom stereocenters. The lowest BCUT2D eigenvalue weighted by atomic mass is 9.82.